The van der Waals surface area contributed by atoms with E-state index in [0.29, 0.717) is 27.4 Å². The highest BCUT2D eigenvalue weighted by atomic mass is 79.9. The number of carboxylic acid groups (broad SMARTS) is 1. The smallest absolute Gasteiger partial charge is 0.336 e. The second-order valence-corrected chi connectivity index (χ2v) is 7.03. The van der Waals surface area contributed by atoms with Crippen LogP contribution in [0, 0.1) is 0 Å². The number of carboxylic acids is 1. The van der Waals surface area contributed by atoms with Crippen molar-refractivity contribution >= 4 is 44.5 Å². The van der Waals surface area contributed by atoms with Crippen LogP contribution in [0.2, 0.25) is 5.02 Å². The Labute approximate surface area is 161 Å². The molecular formula is C19H11BrClN3O2. The quantitative estimate of drug-likeness (QED) is 0.457. The molecule has 4 aromatic rings. The monoisotopic (exact) mass is 427 g/mol. The molecule has 0 aliphatic carbocycles. The zero-order valence-electron chi connectivity index (χ0n) is 13.2. The predicted octanol–water partition coefficient (Wildman–Crippen LogP) is 5.41. The molecule has 2 aromatic heterocycles. The molecule has 0 atom stereocenters. The SMILES string of the molecule is O=C(O)c1cc(-c2cccc(Br)c2)nc2n[nH]c(-c3ccc(Cl)cc3)c12. The Hall–Kier alpha value is -2.70. The Morgan fingerprint density at radius 1 is 1.08 bits per heavy atom. The molecule has 0 fully saturated rings. The van der Waals surface area contributed by atoms with E-state index in [1.54, 1.807) is 18.2 Å². The zero-order chi connectivity index (χ0) is 18.3. The number of hydrogen-bond acceptors (Lipinski definition) is 3. The molecule has 2 aromatic carbocycles. The summed E-state index contributed by atoms with van der Waals surface area (Å²) in [4.78, 5) is 16.4. The molecule has 5 nitrogen and oxygen atoms in total. The Kier molecular flexibility index (Phi) is 4.22. The molecule has 0 spiro atoms. The predicted molar refractivity (Wildman–Crippen MR) is 104 cm³/mol. The van der Waals surface area contributed by atoms with Crippen molar-refractivity contribution in [2.75, 3.05) is 0 Å². The summed E-state index contributed by atoms with van der Waals surface area (Å²) >= 11 is 9.36. The molecule has 2 N–H and O–H groups in total. The van der Waals surface area contributed by atoms with Gasteiger partial charge in [-0.15, -0.1) is 0 Å². The molecule has 0 amide bonds. The minimum absolute atomic E-state index is 0.142. The fourth-order valence-corrected chi connectivity index (χ4v) is 3.34. The second-order valence-electron chi connectivity index (χ2n) is 5.67. The number of pyridine rings is 1. The summed E-state index contributed by atoms with van der Waals surface area (Å²) in [5.41, 5.74) is 3.23. The third kappa shape index (κ3) is 2.98. The molecule has 0 saturated heterocycles. The van der Waals surface area contributed by atoms with Crippen molar-refractivity contribution in [3.63, 3.8) is 0 Å². The Morgan fingerprint density at radius 2 is 1.85 bits per heavy atom. The van der Waals surface area contributed by atoms with Gasteiger partial charge in [0, 0.05) is 20.6 Å². The van der Waals surface area contributed by atoms with Crippen molar-refractivity contribution < 1.29 is 9.90 Å². The van der Waals surface area contributed by atoms with Gasteiger partial charge < -0.3 is 5.11 Å². The molecule has 0 bridgehead atoms. The lowest BCUT2D eigenvalue weighted by Crippen LogP contribution is -2.00. The van der Waals surface area contributed by atoms with Crippen molar-refractivity contribution in [1.29, 1.82) is 0 Å². The fourth-order valence-electron chi connectivity index (χ4n) is 2.81. The Bertz CT molecular complexity index is 1140. The molecule has 4 rings (SSSR count). The van der Waals surface area contributed by atoms with E-state index in [-0.39, 0.29) is 5.56 Å². The van der Waals surface area contributed by atoms with Gasteiger partial charge in [0.05, 0.1) is 22.3 Å². The number of benzene rings is 2. The summed E-state index contributed by atoms with van der Waals surface area (Å²) in [6.45, 7) is 0. The summed E-state index contributed by atoms with van der Waals surface area (Å²) in [6.07, 6.45) is 0. The van der Waals surface area contributed by atoms with Crippen LogP contribution < -0.4 is 0 Å². The van der Waals surface area contributed by atoms with Gasteiger partial charge in [0.15, 0.2) is 5.65 Å². The summed E-state index contributed by atoms with van der Waals surface area (Å²) in [5, 5.41) is 17.9. The molecule has 26 heavy (non-hydrogen) atoms. The maximum atomic E-state index is 11.9. The topological polar surface area (TPSA) is 78.9 Å². The van der Waals surface area contributed by atoms with E-state index in [1.807, 2.05) is 36.4 Å². The van der Waals surface area contributed by atoms with Crippen molar-refractivity contribution in [2.24, 2.45) is 0 Å². The molecule has 7 heteroatoms. The highest BCUT2D eigenvalue weighted by molar-refractivity contribution is 9.10. The number of nitrogens with zero attached hydrogens (tertiary/aromatic N) is 2. The van der Waals surface area contributed by atoms with E-state index in [2.05, 4.69) is 31.1 Å². The number of rotatable bonds is 3. The van der Waals surface area contributed by atoms with Crippen LogP contribution >= 0.6 is 27.5 Å². The summed E-state index contributed by atoms with van der Waals surface area (Å²) in [5.74, 6) is -1.04. The number of halogens is 2. The third-order valence-corrected chi connectivity index (χ3v) is 4.75. The molecule has 2 heterocycles. The zero-order valence-corrected chi connectivity index (χ0v) is 15.5. The van der Waals surface area contributed by atoms with Gasteiger partial charge in [-0.2, -0.15) is 5.10 Å². The second kappa shape index (κ2) is 6.55. The molecular weight excluding hydrogens is 418 g/mol. The Morgan fingerprint density at radius 3 is 2.54 bits per heavy atom. The minimum Gasteiger partial charge on any atom is -0.478 e. The number of H-pyrrole nitrogens is 1. The highest BCUT2D eigenvalue weighted by Crippen LogP contribution is 2.32. The summed E-state index contributed by atoms with van der Waals surface area (Å²) < 4.78 is 0.887. The van der Waals surface area contributed by atoms with Gasteiger partial charge in [0.2, 0.25) is 0 Å². The van der Waals surface area contributed by atoms with Gasteiger partial charge in [-0.1, -0.05) is 51.8 Å². The normalized spacial score (nSPS) is 11.0. The average molecular weight is 429 g/mol. The average Bonchev–Trinajstić information content (AvgIpc) is 3.05. The van der Waals surface area contributed by atoms with Gasteiger partial charge in [-0.3, -0.25) is 5.10 Å². The first-order valence-electron chi connectivity index (χ1n) is 7.67. The molecule has 128 valence electrons. The lowest BCUT2D eigenvalue weighted by Gasteiger charge is -2.06. The molecule has 0 unspecified atom stereocenters. The van der Waals surface area contributed by atoms with Crippen LogP contribution in [0.15, 0.2) is 59.1 Å². The maximum Gasteiger partial charge on any atom is 0.336 e. The van der Waals surface area contributed by atoms with E-state index < -0.39 is 5.97 Å². The fraction of sp³-hybridized carbons (Fsp3) is 0. The van der Waals surface area contributed by atoms with Crippen LogP contribution in [0.3, 0.4) is 0 Å². The van der Waals surface area contributed by atoms with Crippen LogP contribution in [0.1, 0.15) is 10.4 Å². The van der Waals surface area contributed by atoms with Crippen LogP contribution in [-0.2, 0) is 0 Å². The number of aromatic amines is 1. The van der Waals surface area contributed by atoms with Crippen molar-refractivity contribution in [3.8, 4) is 22.5 Å². The van der Waals surface area contributed by atoms with Crippen molar-refractivity contribution in [3.05, 3.63) is 69.7 Å². The highest BCUT2D eigenvalue weighted by Gasteiger charge is 2.19. The lowest BCUT2D eigenvalue weighted by molar-refractivity contribution is 0.0699. The Balaban J connectivity index is 1.96. The van der Waals surface area contributed by atoms with Crippen LogP contribution in [0.5, 0.6) is 0 Å². The first kappa shape index (κ1) is 16.8. The van der Waals surface area contributed by atoms with Crippen molar-refractivity contribution in [2.45, 2.75) is 0 Å². The van der Waals surface area contributed by atoms with Gasteiger partial charge in [-0.25, -0.2) is 9.78 Å². The molecule has 0 saturated carbocycles. The van der Waals surface area contributed by atoms with Gasteiger partial charge >= 0.3 is 5.97 Å². The van der Waals surface area contributed by atoms with E-state index in [0.717, 1.165) is 15.6 Å². The summed E-state index contributed by atoms with van der Waals surface area (Å²) in [6, 6.07) is 16.2. The summed E-state index contributed by atoms with van der Waals surface area (Å²) in [7, 11) is 0. The number of hydrogen-bond donors (Lipinski definition) is 2. The molecule has 0 radical (unpaired) electrons. The largest absolute Gasteiger partial charge is 0.478 e. The van der Waals surface area contributed by atoms with Gasteiger partial charge in [0.25, 0.3) is 0 Å². The standard InChI is InChI=1S/C19H11BrClN3O2/c20-12-3-1-2-11(8-12)15-9-14(19(25)26)16-17(23-24-18(16)22-15)10-4-6-13(21)7-5-10/h1-9H,(H,25,26)(H,22,23,24). The maximum absolute atomic E-state index is 11.9. The van der Waals surface area contributed by atoms with Gasteiger partial charge in [0.1, 0.15) is 0 Å². The third-order valence-electron chi connectivity index (χ3n) is 4.01. The first-order valence-corrected chi connectivity index (χ1v) is 8.84. The first-order chi connectivity index (χ1) is 12.5. The van der Waals surface area contributed by atoms with E-state index in [9.17, 15) is 9.90 Å². The minimum atomic E-state index is -1.04. The van der Waals surface area contributed by atoms with E-state index in [4.69, 9.17) is 11.6 Å². The molecule has 0 aliphatic rings. The number of aromatic carboxylic acids is 1. The van der Waals surface area contributed by atoms with E-state index >= 15 is 0 Å². The van der Waals surface area contributed by atoms with Crippen LogP contribution in [0.25, 0.3) is 33.5 Å². The van der Waals surface area contributed by atoms with Gasteiger partial charge in [-0.05, 0) is 30.3 Å². The number of fused-ring (bicyclic) bond motifs is 1. The molecule has 0 aliphatic heterocycles. The van der Waals surface area contributed by atoms with E-state index in [1.165, 1.54) is 0 Å². The van der Waals surface area contributed by atoms with Crippen LogP contribution in [-0.4, -0.2) is 26.3 Å². The number of aromatic nitrogens is 3. The van der Waals surface area contributed by atoms with Crippen LogP contribution in [0.4, 0.5) is 0 Å². The number of nitrogens with one attached hydrogen (secondary N) is 1. The lowest BCUT2D eigenvalue weighted by atomic mass is 10.0. The van der Waals surface area contributed by atoms with Crippen molar-refractivity contribution in [1.82, 2.24) is 15.2 Å². The number of carbonyl (C=O) groups is 1.